The lowest BCUT2D eigenvalue weighted by Crippen LogP contribution is -2.33. The highest BCUT2D eigenvalue weighted by Gasteiger charge is 2.37. The molecular weight excluding hydrogens is 362 g/mol. The van der Waals surface area contributed by atoms with Crippen molar-refractivity contribution in [1.82, 2.24) is 5.32 Å². The fourth-order valence-corrected chi connectivity index (χ4v) is 3.93. The molecule has 2 aromatic rings. The molecule has 0 fully saturated rings. The van der Waals surface area contributed by atoms with Crippen LogP contribution in [0, 0.1) is 0 Å². The fourth-order valence-electron chi connectivity index (χ4n) is 3.93. The molecule has 5 nitrogen and oxygen atoms in total. The number of nitrogens with two attached hydrogens (primary N) is 1. The van der Waals surface area contributed by atoms with E-state index in [1.165, 1.54) is 11.1 Å². The Kier molecular flexibility index (Phi) is 5.80. The molecule has 0 aliphatic heterocycles. The summed E-state index contributed by atoms with van der Waals surface area (Å²) in [6, 6.07) is 12.9. The van der Waals surface area contributed by atoms with Gasteiger partial charge in [0.15, 0.2) is 0 Å². The van der Waals surface area contributed by atoms with E-state index < -0.39 is 0 Å². The number of carbonyl (C=O) groups excluding carboxylic acids is 2. The lowest BCUT2D eigenvalue weighted by Gasteiger charge is -2.42. The number of rotatable bonds is 5. The van der Waals surface area contributed by atoms with Gasteiger partial charge in [-0.15, -0.1) is 0 Å². The van der Waals surface area contributed by atoms with Crippen LogP contribution < -0.4 is 16.4 Å². The highest BCUT2D eigenvalue weighted by molar-refractivity contribution is 6.05. The smallest absolute Gasteiger partial charge is 0.255 e. The second kappa shape index (κ2) is 7.99. The van der Waals surface area contributed by atoms with Gasteiger partial charge < -0.3 is 16.4 Å². The highest BCUT2D eigenvalue weighted by Crippen LogP contribution is 2.46. The lowest BCUT2D eigenvalue weighted by atomic mass is 9.63. The van der Waals surface area contributed by atoms with E-state index in [2.05, 4.69) is 50.5 Å². The topological polar surface area (TPSA) is 84.2 Å². The summed E-state index contributed by atoms with van der Waals surface area (Å²) in [6.45, 7) is 9.91. The summed E-state index contributed by atoms with van der Waals surface area (Å²) >= 11 is 0. The number of nitrogens with one attached hydrogen (secondary N) is 2. The van der Waals surface area contributed by atoms with E-state index in [0.717, 1.165) is 18.5 Å². The summed E-state index contributed by atoms with van der Waals surface area (Å²) in [5.74, 6) is -0.381. The predicted molar refractivity (Wildman–Crippen MR) is 118 cm³/mol. The number of hydrogen-bond donors (Lipinski definition) is 3. The molecule has 0 saturated heterocycles. The third-order valence-corrected chi connectivity index (χ3v) is 5.95. The van der Waals surface area contributed by atoms with Crippen LogP contribution in [0.5, 0.6) is 0 Å². The van der Waals surface area contributed by atoms with Gasteiger partial charge in [-0.3, -0.25) is 9.59 Å². The van der Waals surface area contributed by atoms with Gasteiger partial charge in [-0.2, -0.15) is 0 Å². The summed E-state index contributed by atoms with van der Waals surface area (Å²) < 4.78 is 0. The average Bonchev–Trinajstić information content (AvgIpc) is 2.70. The van der Waals surface area contributed by atoms with Gasteiger partial charge in [-0.25, -0.2) is 0 Å². The highest BCUT2D eigenvalue weighted by atomic mass is 16.2. The van der Waals surface area contributed by atoms with Crippen LogP contribution in [0.4, 0.5) is 5.69 Å². The second-order valence-corrected chi connectivity index (χ2v) is 9.10. The molecule has 0 bridgehead atoms. The molecule has 0 saturated carbocycles. The molecule has 1 aliphatic rings. The summed E-state index contributed by atoms with van der Waals surface area (Å²) in [6.07, 6.45) is 2.28. The van der Waals surface area contributed by atoms with Crippen LogP contribution in [0.3, 0.4) is 0 Å². The fraction of sp³-hybridized carbons (Fsp3) is 0.417. The van der Waals surface area contributed by atoms with Crippen LogP contribution in [0.15, 0.2) is 42.5 Å². The summed E-state index contributed by atoms with van der Waals surface area (Å²) in [7, 11) is 0. The Bertz CT molecular complexity index is 914. The van der Waals surface area contributed by atoms with E-state index in [4.69, 9.17) is 5.73 Å². The third-order valence-electron chi connectivity index (χ3n) is 5.95. The molecule has 0 radical (unpaired) electrons. The molecule has 1 aliphatic carbocycles. The zero-order chi connectivity index (χ0) is 21.2. The minimum absolute atomic E-state index is 0.0874. The molecule has 2 aromatic carbocycles. The summed E-state index contributed by atoms with van der Waals surface area (Å²) in [5, 5.41) is 5.72. The van der Waals surface area contributed by atoms with Gasteiger partial charge in [0.1, 0.15) is 0 Å². The maximum atomic E-state index is 12.7. The second-order valence-electron chi connectivity index (χ2n) is 9.10. The van der Waals surface area contributed by atoms with Gasteiger partial charge >= 0.3 is 0 Å². The van der Waals surface area contributed by atoms with Gasteiger partial charge in [0.2, 0.25) is 0 Å². The number of anilines is 1. The van der Waals surface area contributed by atoms with E-state index in [0.29, 0.717) is 24.2 Å². The molecule has 0 heterocycles. The zero-order valence-electron chi connectivity index (χ0n) is 17.8. The minimum atomic E-state index is -0.193. The molecule has 3 rings (SSSR count). The molecular formula is C24H31N3O2. The largest absolute Gasteiger partial charge is 0.351 e. The van der Waals surface area contributed by atoms with E-state index >= 15 is 0 Å². The van der Waals surface area contributed by atoms with Crippen molar-refractivity contribution < 1.29 is 9.59 Å². The maximum Gasteiger partial charge on any atom is 0.255 e. The molecule has 0 atom stereocenters. The number of fused-ring (bicyclic) bond motifs is 1. The van der Waals surface area contributed by atoms with E-state index in [9.17, 15) is 9.59 Å². The van der Waals surface area contributed by atoms with Crippen LogP contribution in [0.25, 0.3) is 0 Å². The Hall–Kier alpha value is -2.66. The normalized spacial score (nSPS) is 16.6. The van der Waals surface area contributed by atoms with Crippen molar-refractivity contribution in [3.63, 3.8) is 0 Å². The van der Waals surface area contributed by atoms with Crippen LogP contribution >= 0.6 is 0 Å². The first kappa shape index (κ1) is 21.1. The first-order chi connectivity index (χ1) is 13.6. The summed E-state index contributed by atoms with van der Waals surface area (Å²) in [4.78, 5) is 24.7. The zero-order valence-corrected chi connectivity index (χ0v) is 17.8. The number of hydrogen-bond acceptors (Lipinski definition) is 3. The standard InChI is InChI=1S/C24H31N3O2/c1-23(2)11-12-24(3,4)20-15-18(9-10-19(20)23)27-22(29)17-7-5-16(6-8-17)21(28)26-14-13-25/h5-10,15H,11-14,25H2,1-4H3,(H,26,28)(H,27,29). The molecule has 4 N–H and O–H groups in total. The van der Waals surface area contributed by atoms with Crippen LogP contribution in [-0.2, 0) is 10.8 Å². The molecule has 0 aromatic heterocycles. The molecule has 0 unspecified atom stereocenters. The van der Waals surface area contributed by atoms with E-state index in [-0.39, 0.29) is 22.6 Å². The predicted octanol–water partition coefficient (Wildman–Crippen LogP) is 3.98. The molecule has 2 amide bonds. The first-order valence-corrected chi connectivity index (χ1v) is 10.2. The number of amides is 2. The molecule has 29 heavy (non-hydrogen) atoms. The van der Waals surface area contributed by atoms with Gasteiger partial charge in [-0.05, 0) is 71.2 Å². The van der Waals surface area contributed by atoms with Crippen molar-refractivity contribution in [3.05, 3.63) is 64.7 Å². The Morgan fingerprint density at radius 2 is 1.41 bits per heavy atom. The minimum Gasteiger partial charge on any atom is -0.351 e. The summed E-state index contributed by atoms with van der Waals surface area (Å²) in [5.41, 5.74) is 10.1. The Labute approximate surface area is 173 Å². The SMILES string of the molecule is CC1(C)CCC(C)(C)c2cc(NC(=O)c3ccc(C(=O)NCCN)cc3)ccc21. The van der Waals surface area contributed by atoms with Crippen LogP contribution in [-0.4, -0.2) is 24.9 Å². The van der Waals surface area contributed by atoms with Crippen molar-refractivity contribution in [2.45, 2.75) is 51.4 Å². The monoisotopic (exact) mass is 393 g/mol. The third kappa shape index (κ3) is 4.51. The maximum absolute atomic E-state index is 12.7. The Balaban J connectivity index is 1.77. The quantitative estimate of drug-likeness (QED) is 0.718. The number of carbonyl (C=O) groups is 2. The molecule has 0 spiro atoms. The van der Waals surface area contributed by atoms with Crippen molar-refractivity contribution in [3.8, 4) is 0 Å². The van der Waals surface area contributed by atoms with Crippen molar-refractivity contribution >= 4 is 17.5 Å². The number of benzene rings is 2. The van der Waals surface area contributed by atoms with Crippen molar-refractivity contribution in [2.75, 3.05) is 18.4 Å². The van der Waals surface area contributed by atoms with Crippen molar-refractivity contribution in [1.29, 1.82) is 0 Å². The molecule has 5 heteroatoms. The van der Waals surface area contributed by atoms with Gasteiger partial charge in [0.05, 0.1) is 0 Å². The van der Waals surface area contributed by atoms with Gasteiger partial charge in [0.25, 0.3) is 11.8 Å². The van der Waals surface area contributed by atoms with Crippen LogP contribution in [0.2, 0.25) is 0 Å². The average molecular weight is 394 g/mol. The van der Waals surface area contributed by atoms with E-state index in [1.807, 2.05) is 6.07 Å². The van der Waals surface area contributed by atoms with Crippen LogP contribution in [0.1, 0.15) is 72.4 Å². The first-order valence-electron chi connectivity index (χ1n) is 10.2. The lowest BCUT2D eigenvalue weighted by molar-refractivity contribution is 0.0953. The Morgan fingerprint density at radius 3 is 2.00 bits per heavy atom. The van der Waals surface area contributed by atoms with Gasteiger partial charge in [0, 0.05) is 29.9 Å². The Morgan fingerprint density at radius 1 is 0.862 bits per heavy atom. The molecule has 154 valence electrons. The van der Waals surface area contributed by atoms with Crippen molar-refractivity contribution in [2.24, 2.45) is 5.73 Å². The van der Waals surface area contributed by atoms with E-state index in [1.54, 1.807) is 24.3 Å². The van der Waals surface area contributed by atoms with Gasteiger partial charge in [-0.1, -0.05) is 33.8 Å².